The van der Waals surface area contributed by atoms with Gasteiger partial charge in [-0.15, -0.1) is 0 Å². The molecule has 172 valence electrons. The molecule has 0 radical (unpaired) electrons. The highest BCUT2D eigenvalue weighted by molar-refractivity contribution is 5.97. The van der Waals surface area contributed by atoms with Crippen molar-refractivity contribution in [2.24, 2.45) is 5.92 Å². The van der Waals surface area contributed by atoms with E-state index < -0.39 is 5.60 Å². The summed E-state index contributed by atoms with van der Waals surface area (Å²) in [7, 11) is 0. The molecule has 0 unspecified atom stereocenters. The molecule has 2 heterocycles. The minimum Gasteiger partial charge on any atom is -0.446 e. The normalized spacial score (nSPS) is 13.4. The number of aryl methyl sites for hydroxylation is 1. The molecule has 32 heavy (non-hydrogen) atoms. The number of aromatic nitrogens is 4. The lowest BCUT2D eigenvalue weighted by Gasteiger charge is -2.23. The zero-order valence-electron chi connectivity index (χ0n) is 19.6. The van der Waals surface area contributed by atoms with E-state index in [0.717, 1.165) is 12.8 Å². The van der Waals surface area contributed by atoms with E-state index in [1.54, 1.807) is 33.2 Å². The van der Waals surface area contributed by atoms with Gasteiger partial charge in [0.2, 0.25) is 0 Å². The molecule has 0 spiro atoms. The second kappa shape index (κ2) is 10.1. The van der Waals surface area contributed by atoms with E-state index in [2.05, 4.69) is 15.2 Å². The van der Waals surface area contributed by atoms with Crippen molar-refractivity contribution in [3.8, 4) is 5.69 Å². The van der Waals surface area contributed by atoms with E-state index in [4.69, 9.17) is 4.42 Å². The largest absolute Gasteiger partial charge is 0.446 e. The van der Waals surface area contributed by atoms with Gasteiger partial charge in [-0.25, -0.2) is 4.98 Å². The number of hydrogen-bond donors (Lipinski definition) is 1. The van der Waals surface area contributed by atoms with Crippen molar-refractivity contribution in [3.63, 3.8) is 0 Å². The van der Waals surface area contributed by atoms with Crippen LogP contribution in [-0.2, 0) is 12.0 Å². The summed E-state index contributed by atoms with van der Waals surface area (Å²) < 4.78 is 5.75. The molecule has 0 saturated heterocycles. The Morgan fingerprint density at radius 3 is 2.47 bits per heavy atom. The lowest BCUT2D eigenvalue weighted by atomic mass is 10.0. The van der Waals surface area contributed by atoms with Crippen LogP contribution in [-0.4, -0.2) is 49.0 Å². The molecule has 1 amide bonds. The van der Waals surface area contributed by atoms with Crippen LogP contribution >= 0.6 is 0 Å². The minimum absolute atomic E-state index is 0.0548. The van der Waals surface area contributed by atoms with Crippen LogP contribution in [0.15, 0.2) is 41.1 Å². The van der Waals surface area contributed by atoms with Crippen LogP contribution < -0.4 is 0 Å². The highest BCUT2D eigenvalue weighted by Crippen LogP contribution is 2.31. The van der Waals surface area contributed by atoms with Gasteiger partial charge in [-0.2, -0.15) is 15.0 Å². The summed E-state index contributed by atoms with van der Waals surface area (Å²) in [5.74, 6) is 1.62. The SMILES string of the molecule is CC.Cc1oc(CCN(CC2CC2)C(=O)c2ccccc2-n2nccn2)nc1C(C)(C)O. The highest BCUT2D eigenvalue weighted by Gasteiger charge is 2.29. The van der Waals surface area contributed by atoms with Gasteiger partial charge in [0.25, 0.3) is 5.91 Å². The van der Waals surface area contributed by atoms with Crippen LogP contribution in [0.3, 0.4) is 0 Å². The Morgan fingerprint density at radius 2 is 1.88 bits per heavy atom. The number of carbonyl (C=O) groups is 1. The van der Waals surface area contributed by atoms with Gasteiger partial charge in [0, 0.05) is 19.5 Å². The quantitative estimate of drug-likeness (QED) is 0.571. The molecule has 8 heteroatoms. The molecule has 1 aromatic carbocycles. The minimum atomic E-state index is -1.06. The molecular formula is C24H33N5O3. The second-order valence-electron chi connectivity index (χ2n) is 8.35. The predicted octanol–water partition coefficient (Wildman–Crippen LogP) is 3.91. The maximum absolute atomic E-state index is 13.4. The Hall–Kier alpha value is -3.00. The Morgan fingerprint density at radius 1 is 1.22 bits per heavy atom. The first-order valence-corrected chi connectivity index (χ1v) is 11.3. The summed E-state index contributed by atoms with van der Waals surface area (Å²) in [4.78, 5) is 21.2. The van der Waals surface area contributed by atoms with Gasteiger partial charge in [-0.05, 0) is 51.7 Å². The number of hydrogen-bond acceptors (Lipinski definition) is 6. The summed E-state index contributed by atoms with van der Waals surface area (Å²) in [6.45, 7) is 10.4. The van der Waals surface area contributed by atoms with Crippen LogP contribution in [0.4, 0.5) is 0 Å². The standard InChI is InChI=1S/C22H27N5O3.C2H6/c1-15-20(22(2,3)29)25-19(30-15)10-13-26(14-16-8-9-16)21(28)17-6-4-5-7-18(17)27-23-11-12-24-27;1-2/h4-7,11-12,16,29H,8-10,13-14H2,1-3H3;1-2H3. The molecule has 1 aliphatic carbocycles. The van der Waals surface area contributed by atoms with Crippen molar-refractivity contribution in [1.29, 1.82) is 0 Å². The third kappa shape index (κ3) is 5.62. The van der Waals surface area contributed by atoms with Crippen LogP contribution in [0.5, 0.6) is 0 Å². The smallest absolute Gasteiger partial charge is 0.256 e. The third-order valence-corrected chi connectivity index (χ3v) is 5.25. The van der Waals surface area contributed by atoms with Crippen LogP contribution in [0, 0.1) is 12.8 Å². The lowest BCUT2D eigenvalue weighted by molar-refractivity contribution is 0.0723. The molecule has 1 saturated carbocycles. The number of rotatable bonds is 8. The maximum Gasteiger partial charge on any atom is 0.256 e. The van der Waals surface area contributed by atoms with Crippen molar-refractivity contribution < 1.29 is 14.3 Å². The van der Waals surface area contributed by atoms with E-state index in [0.29, 0.717) is 54.0 Å². The summed E-state index contributed by atoms with van der Waals surface area (Å²) in [6, 6.07) is 7.37. The maximum atomic E-state index is 13.4. The third-order valence-electron chi connectivity index (χ3n) is 5.25. The van der Waals surface area contributed by atoms with Crippen molar-refractivity contribution in [3.05, 3.63) is 59.6 Å². The Bertz CT molecular complexity index is 1020. The first kappa shape index (κ1) is 23.7. The fourth-order valence-electron chi connectivity index (χ4n) is 3.58. The first-order valence-electron chi connectivity index (χ1n) is 11.3. The van der Waals surface area contributed by atoms with E-state index in [-0.39, 0.29) is 5.91 Å². The average molecular weight is 440 g/mol. The number of amides is 1. The predicted molar refractivity (Wildman–Crippen MR) is 122 cm³/mol. The van der Waals surface area contributed by atoms with Gasteiger partial charge in [-0.1, -0.05) is 26.0 Å². The molecule has 2 aromatic heterocycles. The van der Waals surface area contributed by atoms with E-state index in [1.165, 1.54) is 4.80 Å². The molecule has 1 N–H and O–H groups in total. The van der Waals surface area contributed by atoms with Crippen LogP contribution in [0.25, 0.3) is 5.69 Å². The lowest BCUT2D eigenvalue weighted by Crippen LogP contribution is -2.35. The van der Waals surface area contributed by atoms with E-state index in [9.17, 15) is 9.90 Å². The number of oxazole rings is 1. The van der Waals surface area contributed by atoms with Crippen molar-refractivity contribution in [1.82, 2.24) is 24.9 Å². The van der Waals surface area contributed by atoms with E-state index in [1.807, 2.05) is 43.0 Å². The zero-order chi connectivity index (χ0) is 23.3. The number of nitrogens with zero attached hydrogens (tertiary/aromatic N) is 5. The summed E-state index contributed by atoms with van der Waals surface area (Å²) in [6.07, 6.45) is 5.96. The highest BCUT2D eigenvalue weighted by atomic mass is 16.4. The molecular weight excluding hydrogens is 406 g/mol. The van der Waals surface area contributed by atoms with Gasteiger partial charge in [0.1, 0.15) is 17.1 Å². The average Bonchev–Trinajstić information content (AvgIpc) is 3.26. The second-order valence-corrected chi connectivity index (χ2v) is 8.35. The summed E-state index contributed by atoms with van der Waals surface area (Å²) in [5, 5.41) is 18.6. The fourth-order valence-corrected chi connectivity index (χ4v) is 3.58. The number of aliphatic hydroxyl groups is 1. The zero-order valence-corrected chi connectivity index (χ0v) is 19.6. The van der Waals surface area contributed by atoms with Crippen LogP contribution in [0.2, 0.25) is 0 Å². The topological polar surface area (TPSA) is 97.3 Å². The number of benzene rings is 1. The number of para-hydroxylation sites is 1. The number of carbonyl (C=O) groups excluding carboxylic acids is 1. The van der Waals surface area contributed by atoms with Crippen molar-refractivity contribution in [2.45, 2.75) is 59.5 Å². The molecule has 8 nitrogen and oxygen atoms in total. The molecule has 4 rings (SSSR count). The molecule has 0 bridgehead atoms. The monoisotopic (exact) mass is 439 g/mol. The van der Waals surface area contributed by atoms with Gasteiger partial charge >= 0.3 is 0 Å². The molecule has 3 aromatic rings. The Kier molecular flexibility index (Phi) is 7.45. The van der Waals surface area contributed by atoms with Gasteiger partial charge in [0.15, 0.2) is 5.89 Å². The molecule has 0 atom stereocenters. The fraction of sp³-hybridized carbons (Fsp3) is 0.500. The van der Waals surface area contributed by atoms with Gasteiger partial charge < -0.3 is 14.4 Å². The summed E-state index contributed by atoms with van der Waals surface area (Å²) >= 11 is 0. The van der Waals surface area contributed by atoms with Crippen molar-refractivity contribution in [2.75, 3.05) is 13.1 Å². The molecule has 1 aliphatic rings. The molecule has 0 aliphatic heterocycles. The first-order chi connectivity index (χ1) is 15.3. The molecule has 1 fully saturated rings. The van der Waals surface area contributed by atoms with E-state index >= 15 is 0 Å². The van der Waals surface area contributed by atoms with Gasteiger partial charge in [-0.3, -0.25) is 4.79 Å². The summed E-state index contributed by atoms with van der Waals surface area (Å²) in [5.41, 5.74) is 0.692. The van der Waals surface area contributed by atoms with Crippen molar-refractivity contribution >= 4 is 5.91 Å². The van der Waals surface area contributed by atoms with Crippen LogP contribution in [0.1, 0.15) is 68.2 Å². The van der Waals surface area contributed by atoms with Gasteiger partial charge in [0.05, 0.1) is 23.6 Å². The Labute approximate surface area is 189 Å². The Balaban J connectivity index is 0.00000141.